The third-order valence-corrected chi connectivity index (χ3v) is 3.84. The lowest BCUT2D eigenvalue weighted by atomic mass is 9.99. The maximum absolute atomic E-state index is 12.9. The average Bonchev–Trinajstić information content (AvgIpc) is 3.04. The van der Waals surface area contributed by atoms with Gasteiger partial charge in [-0.2, -0.15) is 4.98 Å². The predicted molar refractivity (Wildman–Crippen MR) is 80.4 cm³/mol. The number of benzene rings is 1. The largest absolute Gasteiger partial charge is 0.338 e. The highest BCUT2D eigenvalue weighted by Crippen LogP contribution is 2.28. The minimum atomic E-state index is -0.365. The molecule has 2 aromatic heterocycles. The zero-order valence-electron chi connectivity index (χ0n) is 12.5. The molecule has 0 radical (unpaired) electrons. The molecule has 0 saturated carbocycles. The fourth-order valence-electron chi connectivity index (χ4n) is 2.50. The Bertz CT molecular complexity index is 860. The van der Waals surface area contributed by atoms with E-state index in [0.717, 1.165) is 0 Å². The zero-order chi connectivity index (χ0) is 16.5. The summed E-state index contributed by atoms with van der Waals surface area (Å²) >= 11 is 0. The molecule has 0 atom stereocenters. The quantitative estimate of drug-likeness (QED) is 0.731. The van der Waals surface area contributed by atoms with E-state index in [-0.39, 0.29) is 17.6 Å². The van der Waals surface area contributed by atoms with Gasteiger partial charge in [-0.1, -0.05) is 5.16 Å². The Morgan fingerprint density at radius 3 is 2.71 bits per heavy atom. The molecule has 7 nitrogen and oxygen atoms in total. The molecule has 8 heteroatoms. The standard InChI is InChI=1S/C16H12FN5O2/c17-12-3-1-10(2-4-12)16(23)22-8-11(9-22)15-20-14(21-24-15)13-7-18-5-6-19-13/h1-7,11H,8-9H2. The van der Waals surface area contributed by atoms with Gasteiger partial charge < -0.3 is 9.42 Å². The summed E-state index contributed by atoms with van der Waals surface area (Å²) in [5.41, 5.74) is 0.992. The molecule has 4 rings (SSSR count). The molecular formula is C16H12FN5O2. The van der Waals surface area contributed by atoms with E-state index < -0.39 is 0 Å². The van der Waals surface area contributed by atoms with Crippen molar-refractivity contribution in [3.8, 4) is 11.5 Å². The number of likely N-dealkylation sites (tertiary alicyclic amines) is 1. The summed E-state index contributed by atoms with van der Waals surface area (Å²) in [5.74, 6) is 0.336. The summed E-state index contributed by atoms with van der Waals surface area (Å²) in [4.78, 5) is 26.3. The van der Waals surface area contributed by atoms with Crippen LogP contribution in [0.4, 0.5) is 4.39 Å². The molecule has 0 aliphatic carbocycles. The van der Waals surface area contributed by atoms with E-state index >= 15 is 0 Å². The van der Waals surface area contributed by atoms with E-state index in [2.05, 4.69) is 20.1 Å². The number of amides is 1. The Morgan fingerprint density at radius 2 is 2.00 bits per heavy atom. The van der Waals surface area contributed by atoms with Crippen molar-refractivity contribution in [1.29, 1.82) is 0 Å². The molecule has 1 saturated heterocycles. The van der Waals surface area contributed by atoms with Gasteiger partial charge in [0.25, 0.3) is 5.91 Å². The zero-order valence-corrected chi connectivity index (χ0v) is 12.5. The minimum Gasteiger partial charge on any atom is -0.338 e. The van der Waals surface area contributed by atoms with Crippen LogP contribution in [0.25, 0.3) is 11.5 Å². The van der Waals surface area contributed by atoms with Crippen LogP contribution in [0.3, 0.4) is 0 Å². The van der Waals surface area contributed by atoms with Crippen molar-refractivity contribution in [1.82, 2.24) is 25.0 Å². The topological polar surface area (TPSA) is 85.0 Å². The highest BCUT2D eigenvalue weighted by atomic mass is 19.1. The predicted octanol–water partition coefficient (Wildman–Crippen LogP) is 1.91. The molecule has 1 aliphatic heterocycles. The van der Waals surface area contributed by atoms with Crippen LogP contribution in [0.15, 0.2) is 47.4 Å². The van der Waals surface area contributed by atoms with Crippen molar-refractivity contribution in [3.63, 3.8) is 0 Å². The highest BCUT2D eigenvalue weighted by molar-refractivity contribution is 5.94. The van der Waals surface area contributed by atoms with Crippen molar-refractivity contribution < 1.29 is 13.7 Å². The van der Waals surface area contributed by atoms with Crippen LogP contribution in [0, 0.1) is 5.82 Å². The fourth-order valence-corrected chi connectivity index (χ4v) is 2.50. The smallest absolute Gasteiger partial charge is 0.253 e. The molecule has 0 spiro atoms. The summed E-state index contributed by atoms with van der Waals surface area (Å²) in [6, 6.07) is 5.50. The first kappa shape index (κ1) is 14.4. The van der Waals surface area contributed by atoms with Crippen molar-refractivity contribution in [2.45, 2.75) is 5.92 Å². The molecule has 0 unspecified atom stereocenters. The Morgan fingerprint density at radius 1 is 1.21 bits per heavy atom. The molecule has 3 aromatic rings. The summed E-state index contributed by atoms with van der Waals surface area (Å²) in [7, 11) is 0. The Balaban J connectivity index is 1.42. The Hall–Kier alpha value is -3.16. The van der Waals surface area contributed by atoms with Crippen LogP contribution in [0.2, 0.25) is 0 Å². The third kappa shape index (κ3) is 2.62. The summed E-state index contributed by atoms with van der Waals surface area (Å²) < 4.78 is 18.2. The van der Waals surface area contributed by atoms with Gasteiger partial charge in [0.15, 0.2) is 0 Å². The van der Waals surface area contributed by atoms with Crippen LogP contribution in [0.1, 0.15) is 22.2 Å². The van der Waals surface area contributed by atoms with Crippen molar-refractivity contribution in [2.24, 2.45) is 0 Å². The highest BCUT2D eigenvalue weighted by Gasteiger charge is 2.36. The van der Waals surface area contributed by atoms with Gasteiger partial charge in [-0.25, -0.2) is 9.37 Å². The maximum Gasteiger partial charge on any atom is 0.253 e. The lowest BCUT2D eigenvalue weighted by molar-refractivity contribution is 0.0569. The van der Waals surface area contributed by atoms with Crippen LogP contribution in [-0.2, 0) is 0 Å². The van der Waals surface area contributed by atoms with E-state index in [1.54, 1.807) is 23.5 Å². The number of carbonyl (C=O) groups is 1. The van der Waals surface area contributed by atoms with Crippen LogP contribution < -0.4 is 0 Å². The molecule has 3 heterocycles. The van der Waals surface area contributed by atoms with Gasteiger partial charge in [-0.05, 0) is 24.3 Å². The number of hydrogen-bond donors (Lipinski definition) is 0. The normalized spacial score (nSPS) is 14.5. The summed E-state index contributed by atoms with van der Waals surface area (Å²) in [6.45, 7) is 0.969. The lowest BCUT2D eigenvalue weighted by Gasteiger charge is -2.37. The maximum atomic E-state index is 12.9. The van der Waals surface area contributed by atoms with E-state index in [0.29, 0.717) is 36.1 Å². The van der Waals surface area contributed by atoms with Crippen molar-refractivity contribution in [2.75, 3.05) is 13.1 Å². The molecule has 0 bridgehead atoms. The van der Waals surface area contributed by atoms with Crippen LogP contribution in [0.5, 0.6) is 0 Å². The molecule has 0 N–H and O–H groups in total. The van der Waals surface area contributed by atoms with Gasteiger partial charge in [-0.3, -0.25) is 9.78 Å². The van der Waals surface area contributed by atoms with Gasteiger partial charge in [0.05, 0.1) is 12.1 Å². The van der Waals surface area contributed by atoms with Crippen molar-refractivity contribution in [3.05, 3.63) is 60.1 Å². The lowest BCUT2D eigenvalue weighted by Crippen LogP contribution is -2.48. The second kappa shape index (κ2) is 5.80. The number of nitrogens with zero attached hydrogens (tertiary/aromatic N) is 5. The molecule has 1 fully saturated rings. The van der Waals surface area contributed by atoms with Crippen molar-refractivity contribution >= 4 is 5.91 Å². The third-order valence-electron chi connectivity index (χ3n) is 3.84. The molecule has 1 aromatic carbocycles. The van der Waals surface area contributed by atoms with Crippen LogP contribution >= 0.6 is 0 Å². The second-order valence-electron chi connectivity index (χ2n) is 5.46. The molecular weight excluding hydrogens is 313 g/mol. The number of hydrogen-bond acceptors (Lipinski definition) is 6. The second-order valence-corrected chi connectivity index (χ2v) is 5.46. The monoisotopic (exact) mass is 325 g/mol. The number of halogens is 1. The van der Waals surface area contributed by atoms with E-state index in [4.69, 9.17) is 4.52 Å². The van der Waals surface area contributed by atoms with Gasteiger partial charge in [0.1, 0.15) is 11.5 Å². The average molecular weight is 325 g/mol. The van der Waals surface area contributed by atoms with E-state index in [9.17, 15) is 9.18 Å². The number of aromatic nitrogens is 4. The molecule has 120 valence electrons. The van der Waals surface area contributed by atoms with Crippen LogP contribution in [-0.4, -0.2) is 44.0 Å². The fraction of sp³-hybridized carbons (Fsp3) is 0.188. The molecule has 24 heavy (non-hydrogen) atoms. The summed E-state index contributed by atoms with van der Waals surface area (Å²) in [5, 5.41) is 3.89. The Kier molecular flexibility index (Phi) is 3.49. The number of rotatable bonds is 3. The first-order valence-electron chi connectivity index (χ1n) is 7.35. The summed E-state index contributed by atoms with van der Waals surface area (Å²) in [6.07, 6.45) is 4.67. The van der Waals surface area contributed by atoms with E-state index in [1.165, 1.54) is 24.3 Å². The molecule has 1 aliphatic rings. The van der Waals surface area contributed by atoms with Gasteiger partial charge in [0.2, 0.25) is 11.7 Å². The minimum absolute atomic E-state index is 0.00711. The van der Waals surface area contributed by atoms with E-state index in [1.807, 2.05) is 0 Å². The first-order valence-corrected chi connectivity index (χ1v) is 7.35. The molecule has 1 amide bonds. The van der Waals surface area contributed by atoms with Gasteiger partial charge in [-0.15, -0.1) is 0 Å². The first-order chi connectivity index (χ1) is 11.7. The Labute approximate surface area is 136 Å². The van der Waals surface area contributed by atoms with Gasteiger partial charge in [0, 0.05) is 31.0 Å². The SMILES string of the molecule is O=C(c1ccc(F)cc1)N1CC(c2nc(-c3cnccn3)no2)C1. The number of carbonyl (C=O) groups excluding carboxylic acids is 1. The van der Waals surface area contributed by atoms with Gasteiger partial charge >= 0.3 is 0 Å².